The van der Waals surface area contributed by atoms with Gasteiger partial charge in [0.05, 0.1) is 11.1 Å². The molecule has 1 fully saturated rings. The summed E-state index contributed by atoms with van der Waals surface area (Å²) in [6.07, 6.45) is 1.78. The molecule has 0 radical (unpaired) electrons. The molecule has 0 aromatic carbocycles. The number of nitrogens with one attached hydrogen (secondary N) is 1. The highest BCUT2D eigenvalue weighted by Crippen LogP contribution is 2.16. The van der Waals surface area contributed by atoms with E-state index in [4.69, 9.17) is 10.5 Å². The van der Waals surface area contributed by atoms with Crippen LogP contribution in [-0.4, -0.2) is 37.5 Å². The van der Waals surface area contributed by atoms with Gasteiger partial charge in [-0.15, -0.1) is 0 Å². The van der Waals surface area contributed by atoms with Crippen LogP contribution in [0.1, 0.15) is 26.2 Å². The van der Waals surface area contributed by atoms with Gasteiger partial charge in [0.25, 0.3) is 0 Å². The van der Waals surface area contributed by atoms with Gasteiger partial charge in [0.15, 0.2) is 0 Å². The van der Waals surface area contributed by atoms with Crippen LogP contribution in [0.4, 0.5) is 0 Å². The first-order chi connectivity index (χ1) is 6.45. The molecule has 0 saturated carbocycles. The number of nitrogens with zero attached hydrogens (tertiary/aromatic N) is 1. The van der Waals surface area contributed by atoms with Crippen LogP contribution in [0, 0.1) is 5.41 Å². The van der Waals surface area contributed by atoms with E-state index in [2.05, 4.69) is 0 Å². The highest BCUT2D eigenvalue weighted by Gasteiger charge is 2.27. The van der Waals surface area contributed by atoms with E-state index in [1.54, 1.807) is 0 Å². The molecule has 5 nitrogen and oxygen atoms in total. The van der Waals surface area contributed by atoms with Crippen molar-refractivity contribution in [3.63, 3.8) is 0 Å². The molecule has 1 rings (SSSR count). The Balaban J connectivity index is 2.51. The smallest absolute Gasteiger partial charge is 0.212 e. The Kier molecular flexibility index (Phi) is 3.49. The van der Waals surface area contributed by atoms with Crippen LogP contribution in [-0.2, 0) is 10.0 Å². The van der Waals surface area contributed by atoms with Crippen molar-refractivity contribution < 1.29 is 8.42 Å². The summed E-state index contributed by atoms with van der Waals surface area (Å²) in [7, 11) is -3.38. The van der Waals surface area contributed by atoms with E-state index in [-0.39, 0.29) is 0 Å². The fourth-order valence-electron chi connectivity index (χ4n) is 1.68. The minimum atomic E-state index is -3.38. The predicted molar refractivity (Wildman–Crippen MR) is 55.7 cm³/mol. The van der Waals surface area contributed by atoms with E-state index in [0.717, 1.165) is 0 Å². The summed E-state index contributed by atoms with van der Waals surface area (Å²) in [6, 6.07) is 0. The van der Waals surface area contributed by atoms with Gasteiger partial charge in [-0.3, -0.25) is 5.41 Å². The van der Waals surface area contributed by atoms with Gasteiger partial charge >= 0.3 is 0 Å². The van der Waals surface area contributed by atoms with Crippen molar-refractivity contribution >= 4 is 15.9 Å². The fraction of sp³-hybridized carbons (Fsp3) is 0.875. The first-order valence-corrected chi connectivity index (χ1v) is 6.40. The van der Waals surface area contributed by atoms with Crippen molar-refractivity contribution in [1.82, 2.24) is 4.90 Å². The Morgan fingerprint density at radius 3 is 2.36 bits per heavy atom. The lowest BCUT2D eigenvalue weighted by Gasteiger charge is -2.32. The third-order valence-electron chi connectivity index (χ3n) is 2.62. The van der Waals surface area contributed by atoms with Crippen LogP contribution in [0.2, 0.25) is 0 Å². The van der Waals surface area contributed by atoms with E-state index in [9.17, 15) is 8.42 Å². The maximum absolute atomic E-state index is 11.0. The van der Waals surface area contributed by atoms with Gasteiger partial charge in [-0.25, -0.2) is 13.6 Å². The number of amidine groups is 1. The van der Waals surface area contributed by atoms with Crippen LogP contribution in [0.15, 0.2) is 0 Å². The van der Waals surface area contributed by atoms with Crippen LogP contribution >= 0.6 is 0 Å². The minimum Gasteiger partial charge on any atom is -0.360 e. The average molecular weight is 219 g/mol. The number of hydrogen-bond acceptors (Lipinski definition) is 3. The number of sulfonamides is 1. The molecule has 0 amide bonds. The molecule has 1 heterocycles. The quantitative estimate of drug-likeness (QED) is 0.511. The summed E-state index contributed by atoms with van der Waals surface area (Å²) in [4.78, 5) is 1.92. The normalized spacial score (nSPS) is 19.7. The first-order valence-electron chi connectivity index (χ1n) is 4.79. The second-order valence-corrected chi connectivity index (χ2v) is 5.42. The van der Waals surface area contributed by atoms with Crippen LogP contribution < -0.4 is 5.14 Å². The number of piperidine rings is 1. The molecule has 14 heavy (non-hydrogen) atoms. The van der Waals surface area contributed by atoms with E-state index in [1.807, 2.05) is 11.8 Å². The summed E-state index contributed by atoms with van der Waals surface area (Å²) in [5.74, 6) is 0.581. The topological polar surface area (TPSA) is 87.2 Å². The van der Waals surface area contributed by atoms with Crippen molar-refractivity contribution in [2.24, 2.45) is 5.14 Å². The molecule has 0 bridgehead atoms. The van der Waals surface area contributed by atoms with Crippen LogP contribution in [0.25, 0.3) is 0 Å². The van der Waals surface area contributed by atoms with Gasteiger partial charge in [0.1, 0.15) is 0 Å². The lowest BCUT2D eigenvalue weighted by molar-refractivity contribution is 0.335. The van der Waals surface area contributed by atoms with Crippen molar-refractivity contribution in [1.29, 1.82) is 5.41 Å². The predicted octanol–water partition coefficient (Wildman–Crippen LogP) is 0.127. The lowest BCUT2D eigenvalue weighted by atomic mass is 10.1. The molecule has 6 heteroatoms. The van der Waals surface area contributed by atoms with E-state index in [0.29, 0.717) is 38.2 Å². The van der Waals surface area contributed by atoms with Crippen LogP contribution in [0.3, 0.4) is 0 Å². The zero-order valence-corrected chi connectivity index (χ0v) is 9.18. The van der Waals surface area contributed by atoms with Gasteiger partial charge in [-0.1, -0.05) is 6.92 Å². The molecule has 1 aliphatic heterocycles. The zero-order chi connectivity index (χ0) is 10.8. The number of rotatable bonds is 2. The maximum Gasteiger partial charge on any atom is 0.212 e. The number of nitrogens with two attached hydrogens (primary N) is 1. The third-order valence-corrected chi connectivity index (χ3v) is 4.02. The van der Waals surface area contributed by atoms with Crippen molar-refractivity contribution in [3.05, 3.63) is 0 Å². The van der Waals surface area contributed by atoms with Gasteiger partial charge in [0, 0.05) is 19.5 Å². The summed E-state index contributed by atoms with van der Waals surface area (Å²) < 4.78 is 22.1. The maximum atomic E-state index is 11.0. The summed E-state index contributed by atoms with van der Waals surface area (Å²) >= 11 is 0. The monoisotopic (exact) mass is 219 g/mol. The summed E-state index contributed by atoms with van der Waals surface area (Å²) in [5, 5.41) is 12.2. The van der Waals surface area contributed by atoms with E-state index in [1.165, 1.54) is 0 Å². The average Bonchev–Trinajstić information content (AvgIpc) is 2.15. The molecule has 82 valence electrons. The van der Waals surface area contributed by atoms with Crippen LogP contribution in [0.5, 0.6) is 0 Å². The minimum absolute atomic E-state index is 0.414. The molecule has 0 aromatic rings. The first kappa shape index (κ1) is 11.5. The second kappa shape index (κ2) is 4.27. The molecule has 1 aliphatic rings. The summed E-state index contributed by atoms with van der Waals surface area (Å²) in [5.41, 5.74) is 0. The molecule has 1 saturated heterocycles. The summed E-state index contributed by atoms with van der Waals surface area (Å²) in [6.45, 7) is 3.19. The molecule has 3 N–H and O–H groups in total. The molecule has 0 aliphatic carbocycles. The zero-order valence-electron chi connectivity index (χ0n) is 8.36. The molecule has 0 atom stereocenters. The molecule has 0 aromatic heterocycles. The Labute approximate surface area is 84.8 Å². The number of hydrogen-bond donors (Lipinski definition) is 2. The molecular formula is C8H17N3O2S. The highest BCUT2D eigenvalue weighted by atomic mass is 32.2. The van der Waals surface area contributed by atoms with E-state index < -0.39 is 15.3 Å². The third kappa shape index (κ3) is 2.68. The number of primary sulfonamides is 1. The van der Waals surface area contributed by atoms with Gasteiger partial charge in [0.2, 0.25) is 10.0 Å². The Hall–Kier alpha value is -0.620. The number of likely N-dealkylation sites (tertiary alicyclic amines) is 1. The second-order valence-electron chi connectivity index (χ2n) is 3.58. The Bertz CT molecular complexity index is 305. The SMILES string of the molecule is CCC(=N)N1CCC(S(N)(=O)=O)CC1. The highest BCUT2D eigenvalue weighted by molar-refractivity contribution is 7.89. The van der Waals surface area contributed by atoms with Crippen molar-refractivity contribution in [2.45, 2.75) is 31.4 Å². The standard InChI is InChI=1S/C8H17N3O2S/c1-2-8(9)11-5-3-7(4-6-11)14(10,12)13/h7,9H,2-6H2,1H3,(H2,10,12,13). The van der Waals surface area contributed by atoms with Gasteiger partial charge in [-0.2, -0.15) is 0 Å². The van der Waals surface area contributed by atoms with Crippen molar-refractivity contribution in [2.75, 3.05) is 13.1 Å². The fourth-order valence-corrected chi connectivity index (χ4v) is 2.55. The van der Waals surface area contributed by atoms with Gasteiger partial charge < -0.3 is 4.90 Å². The molecule has 0 spiro atoms. The molecule has 0 unspecified atom stereocenters. The Morgan fingerprint density at radius 2 is 2.00 bits per heavy atom. The van der Waals surface area contributed by atoms with Gasteiger partial charge in [-0.05, 0) is 12.8 Å². The van der Waals surface area contributed by atoms with E-state index >= 15 is 0 Å². The molecular weight excluding hydrogens is 202 g/mol. The Morgan fingerprint density at radius 1 is 1.50 bits per heavy atom. The largest absolute Gasteiger partial charge is 0.360 e. The van der Waals surface area contributed by atoms with Crippen molar-refractivity contribution in [3.8, 4) is 0 Å². The lowest BCUT2D eigenvalue weighted by Crippen LogP contribution is -2.43.